The number of nitrogens with one attached hydrogen (secondary N) is 4. The lowest BCUT2D eigenvalue weighted by molar-refractivity contribution is -0.129. The minimum absolute atomic E-state index is 0.228. The van der Waals surface area contributed by atoms with Gasteiger partial charge in [-0.05, 0) is 54.6 Å². The van der Waals surface area contributed by atoms with Crippen molar-refractivity contribution in [2.24, 2.45) is 0 Å². The molecule has 0 bridgehead atoms. The number of sulfonamides is 1. The molecule has 2 aromatic rings. The van der Waals surface area contributed by atoms with Crippen molar-refractivity contribution in [2.75, 3.05) is 29.4 Å². The molecule has 2 amide bonds. The third-order valence-corrected chi connectivity index (χ3v) is 7.44. The molecule has 34 heavy (non-hydrogen) atoms. The van der Waals surface area contributed by atoms with Crippen LogP contribution in [0.1, 0.15) is 18.4 Å². The lowest BCUT2D eigenvalue weighted by atomic mass is 10.1. The highest BCUT2D eigenvalue weighted by Gasteiger charge is 2.28. The zero-order chi connectivity index (χ0) is 24.8. The molecule has 0 aliphatic rings. The van der Waals surface area contributed by atoms with Crippen LogP contribution in [0.5, 0.6) is 0 Å². The fourth-order valence-corrected chi connectivity index (χ4v) is 5.37. The molecule has 2 aromatic carbocycles. The third kappa shape index (κ3) is 10.4. The van der Waals surface area contributed by atoms with Gasteiger partial charge in [-0.15, -0.1) is 0 Å². The zero-order valence-electron chi connectivity index (χ0n) is 19.3. The van der Waals surface area contributed by atoms with Gasteiger partial charge in [0.25, 0.3) is 5.91 Å². The maximum Gasteiger partial charge on any atom is 0.260 e. The van der Waals surface area contributed by atoms with Gasteiger partial charge in [0, 0.05) is 0 Å². The number of anilines is 1. The van der Waals surface area contributed by atoms with Crippen LogP contribution in [0.4, 0.5) is 5.69 Å². The summed E-state index contributed by atoms with van der Waals surface area (Å²) >= 11 is 3.07. The summed E-state index contributed by atoms with van der Waals surface area (Å²) in [4.78, 5) is 25.9. The van der Waals surface area contributed by atoms with Gasteiger partial charge in [0.15, 0.2) is 0 Å². The van der Waals surface area contributed by atoms with Crippen LogP contribution in [0.25, 0.3) is 0 Å². The number of para-hydroxylation sites is 1. The zero-order valence-corrected chi connectivity index (χ0v) is 21.8. The monoisotopic (exact) mass is 524 g/mol. The summed E-state index contributed by atoms with van der Waals surface area (Å²) < 4.78 is 28.0. The highest BCUT2D eigenvalue weighted by Crippen LogP contribution is 2.10. The van der Waals surface area contributed by atoms with E-state index in [1.165, 1.54) is 11.8 Å². The Morgan fingerprint density at radius 1 is 0.824 bits per heavy atom. The number of hydrogen-bond acceptors (Lipinski definition) is 7. The summed E-state index contributed by atoms with van der Waals surface area (Å²) in [5, 5.41) is 2.74. The Morgan fingerprint density at radius 3 is 1.97 bits per heavy atom. The van der Waals surface area contributed by atoms with E-state index in [1.54, 1.807) is 48.2 Å². The molecular weight excluding hydrogens is 492 g/mol. The predicted molar refractivity (Wildman–Crippen MR) is 142 cm³/mol. The van der Waals surface area contributed by atoms with Crippen LogP contribution >= 0.6 is 23.5 Å². The summed E-state index contributed by atoms with van der Waals surface area (Å²) in [6.45, 7) is 0. The number of amides is 2. The molecule has 11 heteroatoms. The molecule has 0 radical (unpaired) electrons. The number of benzene rings is 2. The molecule has 4 N–H and O–H groups in total. The first-order valence-electron chi connectivity index (χ1n) is 10.8. The van der Waals surface area contributed by atoms with E-state index in [9.17, 15) is 18.0 Å². The average molecular weight is 525 g/mol. The highest BCUT2D eigenvalue weighted by atomic mass is 32.2. The van der Waals surface area contributed by atoms with E-state index >= 15 is 0 Å². The van der Waals surface area contributed by atoms with Gasteiger partial charge in [0.2, 0.25) is 15.9 Å². The summed E-state index contributed by atoms with van der Waals surface area (Å²) in [5.41, 5.74) is 6.79. The Hall–Kier alpha value is -2.21. The van der Waals surface area contributed by atoms with Crippen molar-refractivity contribution >= 4 is 51.0 Å². The van der Waals surface area contributed by atoms with Gasteiger partial charge in [0.05, 0.1) is 11.4 Å². The average Bonchev–Trinajstić information content (AvgIpc) is 2.83. The molecule has 8 nitrogen and oxygen atoms in total. The van der Waals surface area contributed by atoms with Gasteiger partial charge in [-0.2, -0.15) is 23.5 Å². The predicted octanol–water partition coefficient (Wildman–Crippen LogP) is 2.61. The molecule has 0 heterocycles. The number of thioether (sulfide) groups is 2. The molecule has 0 spiro atoms. The normalized spacial score (nSPS) is 13.0. The van der Waals surface area contributed by atoms with Gasteiger partial charge in [-0.3, -0.25) is 20.4 Å². The van der Waals surface area contributed by atoms with Gasteiger partial charge in [-0.25, -0.2) is 13.1 Å². The number of rotatable bonds is 15. The van der Waals surface area contributed by atoms with Crippen molar-refractivity contribution in [1.82, 2.24) is 15.5 Å². The van der Waals surface area contributed by atoms with Crippen LogP contribution in [0, 0.1) is 0 Å². The molecule has 2 rings (SSSR count). The lowest BCUT2D eigenvalue weighted by Crippen LogP contribution is -2.54. The minimum Gasteiger partial charge on any atom is -0.343 e. The Labute approximate surface area is 210 Å². The fraction of sp³-hybridized carbons (Fsp3) is 0.391. The SMILES string of the molecule is CSCC[C@H](NC(=O)[C@@H](CCSC)NS(=O)(=O)Cc1ccccc1)C(=O)NNc1ccccc1. The van der Waals surface area contributed by atoms with Gasteiger partial charge in [0.1, 0.15) is 12.1 Å². The van der Waals surface area contributed by atoms with E-state index < -0.39 is 33.9 Å². The van der Waals surface area contributed by atoms with E-state index in [0.717, 1.165) is 0 Å². The number of hydrogen-bond donors (Lipinski definition) is 4. The second-order valence-electron chi connectivity index (χ2n) is 7.52. The standard InChI is InChI=1S/C23H32N4O4S3/c1-32-15-13-20(23(29)26-25-19-11-7-4-8-12-19)24-22(28)21(14-16-33-2)27-34(30,31)17-18-9-5-3-6-10-18/h3-12,20-21,25,27H,13-17H2,1-2H3,(H,24,28)(H,26,29)/t20-,21+/m0/s1. The topological polar surface area (TPSA) is 116 Å². The second kappa shape index (κ2) is 14.9. The van der Waals surface area contributed by atoms with Crippen LogP contribution in [0.15, 0.2) is 60.7 Å². The van der Waals surface area contributed by atoms with Crippen molar-refractivity contribution in [3.63, 3.8) is 0 Å². The minimum atomic E-state index is -3.77. The molecule has 0 saturated heterocycles. The maximum atomic E-state index is 13.1. The van der Waals surface area contributed by atoms with E-state index in [0.29, 0.717) is 35.6 Å². The van der Waals surface area contributed by atoms with Gasteiger partial charge < -0.3 is 5.32 Å². The van der Waals surface area contributed by atoms with Crippen LogP contribution in [-0.2, 0) is 25.4 Å². The Morgan fingerprint density at radius 2 is 1.38 bits per heavy atom. The van der Waals surface area contributed by atoms with Crippen LogP contribution in [0.2, 0.25) is 0 Å². The molecule has 186 valence electrons. The first kappa shape index (κ1) is 28.0. The molecular formula is C23H32N4O4S3. The molecule has 0 aromatic heterocycles. The lowest BCUT2D eigenvalue weighted by Gasteiger charge is -2.23. The summed E-state index contributed by atoms with van der Waals surface area (Å²) in [6.07, 6.45) is 4.51. The quantitative estimate of drug-likeness (QED) is 0.265. The van der Waals surface area contributed by atoms with E-state index in [2.05, 4.69) is 20.9 Å². The Balaban J connectivity index is 2.06. The largest absolute Gasteiger partial charge is 0.343 e. The smallest absolute Gasteiger partial charge is 0.260 e. The molecule has 0 saturated carbocycles. The summed E-state index contributed by atoms with van der Waals surface area (Å²) in [5.74, 6) is 0.0878. The Kier molecular flexibility index (Phi) is 12.3. The first-order chi connectivity index (χ1) is 16.3. The third-order valence-electron chi connectivity index (χ3n) is 4.80. The number of carbonyl (C=O) groups is 2. The number of hydrazine groups is 1. The molecule has 0 aliphatic heterocycles. The number of carbonyl (C=O) groups excluding carboxylic acids is 2. The van der Waals surface area contributed by atoms with Crippen molar-refractivity contribution in [1.29, 1.82) is 0 Å². The van der Waals surface area contributed by atoms with Crippen LogP contribution < -0.4 is 20.9 Å². The van der Waals surface area contributed by atoms with Crippen molar-refractivity contribution in [3.05, 3.63) is 66.2 Å². The van der Waals surface area contributed by atoms with Crippen molar-refractivity contribution < 1.29 is 18.0 Å². The summed E-state index contributed by atoms with van der Waals surface area (Å²) in [7, 11) is -3.77. The van der Waals surface area contributed by atoms with Gasteiger partial charge >= 0.3 is 0 Å². The Bertz CT molecular complexity index is 992. The van der Waals surface area contributed by atoms with E-state index in [1.807, 2.05) is 36.8 Å². The van der Waals surface area contributed by atoms with Crippen LogP contribution in [0.3, 0.4) is 0 Å². The molecule has 0 aliphatic carbocycles. The van der Waals surface area contributed by atoms with E-state index in [-0.39, 0.29) is 5.75 Å². The van der Waals surface area contributed by atoms with Crippen LogP contribution in [-0.4, -0.2) is 56.3 Å². The van der Waals surface area contributed by atoms with Gasteiger partial charge in [-0.1, -0.05) is 48.5 Å². The summed E-state index contributed by atoms with van der Waals surface area (Å²) in [6, 6.07) is 16.1. The van der Waals surface area contributed by atoms with Crippen molar-refractivity contribution in [3.8, 4) is 0 Å². The second-order valence-corrected chi connectivity index (χ2v) is 11.2. The molecule has 2 atom stereocenters. The highest BCUT2D eigenvalue weighted by molar-refractivity contribution is 7.98. The molecule has 0 unspecified atom stereocenters. The van der Waals surface area contributed by atoms with Crippen molar-refractivity contribution in [2.45, 2.75) is 30.7 Å². The molecule has 0 fully saturated rings. The first-order valence-corrected chi connectivity index (χ1v) is 15.2. The maximum absolute atomic E-state index is 13.1. The van der Waals surface area contributed by atoms with E-state index in [4.69, 9.17) is 0 Å². The fourth-order valence-electron chi connectivity index (χ4n) is 3.05.